The van der Waals surface area contributed by atoms with Gasteiger partial charge in [-0.05, 0) is 33.6 Å². The van der Waals surface area contributed by atoms with Crippen LogP contribution >= 0.6 is 0 Å². The van der Waals surface area contributed by atoms with Crippen molar-refractivity contribution in [3.8, 4) is 0 Å². The standard InChI is InChI=1S/C13H26N2O3S/c1-13(2,3)14-12(16)10-15(19(4,17)18)11-8-6-5-7-9-11/h11H,5-10H2,1-4H3,(H,14,16). The zero-order chi connectivity index (χ0) is 14.7. The van der Waals surface area contributed by atoms with Crippen molar-refractivity contribution >= 4 is 15.9 Å². The number of rotatable bonds is 4. The number of carbonyl (C=O) groups is 1. The largest absolute Gasteiger partial charge is 0.350 e. The molecule has 0 unspecified atom stereocenters. The highest BCUT2D eigenvalue weighted by Gasteiger charge is 2.30. The molecule has 112 valence electrons. The molecule has 0 radical (unpaired) electrons. The molecule has 1 N–H and O–H groups in total. The molecule has 0 bridgehead atoms. The van der Waals surface area contributed by atoms with E-state index in [1.165, 1.54) is 10.6 Å². The summed E-state index contributed by atoms with van der Waals surface area (Å²) >= 11 is 0. The number of nitrogens with one attached hydrogen (secondary N) is 1. The van der Waals surface area contributed by atoms with Gasteiger partial charge in [-0.1, -0.05) is 19.3 Å². The molecular formula is C13H26N2O3S. The van der Waals surface area contributed by atoms with Gasteiger partial charge in [-0.3, -0.25) is 4.79 Å². The molecule has 0 heterocycles. The average molecular weight is 290 g/mol. The lowest BCUT2D eigenvalue weighted by Crippen LogP contribution is -2.50. The van der Waals surface area contributed by atoms with Crippen LogP contribution < -0.4 is 5.32 Å². The maximum absolute atomic E-state index is 11.9. The maximum atomic E-state index is 11.9. The van der Waals surface area contributed by atoms with Crippen molar-refractivity contribution in [2.24, 2.45) is 0 Å². The molecule has 0 spiro atoms. The molecular weight excluding hydrogens is 264 g/mol. The summed E-state index contributed by atoms with van der Waals surface area (Å²) in [5, 5.41) is 2.82. The fraction of sp³-hybridized carbons (Fsp3) is 0.923. The molecule has 1 saturated carbocycles. The van der Waals surface area contributed by atoms with Crippen LogP contribution in [0.25, 0.3) is 0 Å². The van der Waals surface area contributed by atoms with Crippen molar-refractivity contribution in [2.75, 3.05) is 12.8 Å². The fourth-order valence-electron chi connectivity index (χ4n) is 2.49. The summed E-state index contributed by atoms with van der Waals surface area (Å²) in [6.07, 6.45) is 6.13. The van der Waals surface area contributed by atoms with E-state index in [2.05, 4.69) is 5.32 Å². The zero-order valence-electron chi connectivity index (χ0n) is 12.4. The van der Waals surface area contributed by atoms with E-state index in [9.17, 15) is 13.2 Å². The summed E-state index contributed by atoms with van der Waals surface area (Å²) in [7, 11) is -3.34. The monoisotopic (exact) mass is 290 g/mol. The van der Waals surface area contributed by atoms with Crippen molar-refractivity contribution < 1.29 is 13.2 Å². The third kappa shape index (κ3) is 5.91. The molecule has 1 aliphatic rings. The Bertz CT molecular complexity index is 406. The second-order valence-electron chi connectivity index (χ2n) is 6.40. The Kier molecular flexibility index (Phi) is 5.38. The summed E-state index contributed by atoms with van der Waals surface area (Å²) in [4.78, 5) is 11.9. The fourth-order valence-corrected chi connectivity index (χ4v) is 3.59. The number of carbonyl (C=O) groups excluding carboxylic acids is 1. The minimum atomic E-state index is -3.34. The molecule has 19 heavy (non-hydrogen) atoms. The van der Waals surface area contributed by atoms with Gasteiger partial charge in [0.05, 0.1) is 12.8 Å². The Morgan fingerprint density at radius 1 is 1.21 bits per heavy atom. The quantitative estimate of drug-likeness (QED) is 0.853. The molecule has 6 heteroatoms. The summed E-state index contributed by atoms with van der Waals surface area (Å²) in [5.41, 5.74) is -0.340. The Hall–Kier alpha value is -0.620. The van der Waals surface area contributed by atoms with Crippen molar-refractivity contribution in [1.29, 1.82) is 0 Å². The van der Waals surface area contributed by atoms with E-state index in [0.29, 0.717) is 0 Å². The van der Waals surface area contributed by atoms with Gasteiger partial charge in [0.2, 0.25) is 15.9 Å². The Morgan fingerprint density at radius 2 is 1.74 bits per heavy atom. The van der Waals surface area contributed by atoms with Crippen molar-refractivity contribution in [3.63, 3.8) is 0 Å². The van der Waals surface area contributed by atoms with E-state index >= 15 is 0 Å². The Labute approximate surface area is 116 Å². The van der Waals surface area contributed by atoms with E-state index in [-0.39, 0.29) is 24.0 Å². The van der Waals surface area contributed by atoms with E-state index in [1.54, 1.807) is 0 Å². The zero-order valence-corrected chi connectivity index (χ0v) is 13.2. The van der Waals surface area contributed by atoms with Gasteiger partial charge >= 0.3 is 0 Å². The van der Waals surface area contributed by atoms with E-state index in [0.717, 1.165) is 32.1 Å². The summed E-state index contributed by atoms with van der Waals surface area (Å²) in [6.45, 7) is 5.59. The van der Waals surface area contributed by atoms with Crippen molar-refractivity contribution in [1.82, 2.24) is 9.62 Å². The first-order chi connectivity index (χ1) is 8.59. The first-order valence-corrected chi connectivity index (χ1v) is 8.72. The topological polar surface area (TPSA) is 66.5 Å². The molecule has 1 rings (SSSR count). The molecule has 0 aromatic heterocycles. The molecule has 1 fully saturated rings. The van der Waals surface area contributed by atoms with Gasteiger partial charge in [-0.2, -0.15) is 4.31 Å². The number of amides is 1. The second kappa shape index (κ2) is 6.22. The number of hydrogen-bond acceptors (Lipinski definition) is 3. The summed E-state index contributed by atoms with van der Waals surface area (Å²) in [5.74, 6) is -0.233. The first kappa shape index (κ1) is 16.4. The smallest absolute Gasteiger partial charge is 0.235 e. The van der Waals surface area contributed by atoms with Crippen molar-refractivity contribution in [2.45, 2.75) is 64.5 Å². The molecule has 0 atom stereocenters. The van der Waals surface area contributed by atoms with E-state index in [1.807, 2.05) is 20.8 Å². The summed E-state index contributed by atoms with van der Waals surface area (Å²) < 4.78 is 25.1. The van der Waals surface area contributed by atoms with Gasteiger partial charge in [-0.15, -0.1) is 0 Å². The van der Waals surface area contributed by atoms with Crippen LogP contribution in [0.5, 0.6) is 0 Å². The number of nitrogens with zero attached hydrogens (tertiary/aromatic N) is 1. The SMILES string of the molecule is CC(C)(C)NC(=O)CN(C1CCCCC1)S(C)(=O)=O. The Morgan fingerprint density at radius 3 is 2.16 bits per heavy atom. The maximum Gasteiger partial charge on any atom is 0.235 e. The van der Waals surface area contributed by atoms with Crippen LogP contribution in [0.3, 0.4) is 0 Å². The van der Waals surface area contributed by atoms with Crippen LogP contribution in [0.15, 0.2) is 0 Å². The lowest BCUT2D eigenvalue weighted by atomic mass is 9.95. The molecule has 0 aromatic carbocycles. The van der Waals surface area contributed by atoms with Crippen LogP contribution in [0.1, 0.15) is 52.9 Å². The highest BCUT2D eigenvalue weighted by atomic mass is 32.2. The van der Waals surface area contributed by atoms with E-state index in [4.69, 9.17) is 0 Å². The van der Waals surface area contributed by atoms with Gasteiger partial charge in [-0.25, -0.2) is 8.42 Å². The minimum Gasteiger partial charge on any atom is -0.350 e. The summed E-state index contributed by atoms with van der Waals surface area (Å²) in [6, 6.07) is -0.0190. The molecule has 5 nitrogen and oxygen atoms in total. The Balaban J connectivity index is 2.73. The lowest BCUT2D eigenvalue weighted by molar-refractivity contribution is -0.123. The van der Waals surface area contributed by atoms with Gasteiger partial charge in [0.15, 0.2) is 0 Å². The third-order valence-corrected chi connectivity index (χ3v) is 4.50. The van der Waals surface area contributed by atoms with Gasteiger partial charge in [0.1, 0.15) is 0 Å². The first-order valence-electron chi connectivity index (χ1n) is 6.87. The predicted octanol–water partition coefficient (Wildman–Crippen LogP) is 1.50. The molecule has 1 amide bonds. The average Bonchev–Trinajstić information content (AvgIpc) is 2.23. The molecule has 0 aliphatic heterocycles. The molecule has 0 aromatic rings. The lowest BCUT2D eigenvalue weighted by Gasteiger charge is -2.32. The van der Waals surface area contributed by atoms with E-state index < -0.39 is 10.0 Å². The van der Waals surface area contributed by atoms with Crippen LogP contribution in [0.2, 0.25) is 0 Å². The van der Waals surface area contributed by atoms with Crippen LogP contribution in [-0.4, -0.2) is 43.0 Å². The van der Waals surface area contributed by atoms with Gasteiger partial charge in [0, 0.05) is 11.6 Å². The van der Waals surface area contributed by atoms with Gasteiger partial charge < -0.3 is 5.32 Å². The predicted molar refractivity (Wildman–Crippen MR) is 76.3 cm³/mol. The highest BCUT2D eigenvalue weighted by Crippen LogP contribution is 2.24. The molecule has 0 saturated heterocycles. The normalized spacial score (nSPS) is 18.6. The van der Waals surface area contributed by atoms with Crippen LogP contribution in [-0.2, 0) is 14.8 Å². The van der Waals surface area contributed by atoms with Gasteiger partial charge in [0.25, 0.3) is 0 Å². The minimum absolute atomic E-state index is 0.0190. The van der Waals surface area contributed by atoms with Crippen molar-refractivity contribution in [3.05, 3.63) is 0 Å². The number of hydrogen-bond donors (Lipinski definition) is 1. The second-order valence-corrected chi connectivity index (χ2v) is 8.33. The third-order valence-electron chi connectivity index (χ3n) is 3.22. The molecule has 1 aliphatic carbocycles. The highest BCUT2D eigenvalue weighted by molar-refractivity contribution is 7.88. The number of sulfonamides is 1. The van der Waals surface area contributed by atoms with Crippen LogP contribution in [0, 0.1) is 0 Å². The van der Waals surface area contributed by atoms with Crippen LogP contribution in [0.4, 0.5) is 0 Å².